The van der Waals surface area contributed by atoms with Crippen LogP contribution in [-0.2, 0) is 19.1 Å². The van der Waals surface area contributed by atoms with Crippen LogP contribution in [0.15, 0.2) is 24.3 Å². The first kappa shape index (κ1) is 15.7. The molecule has 116 valence electrons. The van der Waals surface area contributed by atoms with E-state index in [1.165, 1.54) is 33.1 Å². The molecule has 1 aliphatic heterocycles. The molecule has 0 aliphatic carbocycles. The number of hydrogen-bond acceptors (Lipinski definition) is 6. The number of esters is 2. The molecule has 1 aromatic carbocycles. The van der Waals surface area contributed by atoms with E-state index in [9.17, 15) is 19.2 Å². The molecular formula is C15H15NO6. The predicted molar refractivity (Wildman–Crippen MR) is 74.0 cm³/mol. The Morgan fingerprint density at radius 1 is 1.00 bits per heavy atom. The van der Waals surface area contributed by atoms with E-state index in [1.807, 2.05) is 0 Å². The van der Waals surface area contributed by atoms with Crippen LogP contribution in [0.25, 0.3) is 0 Å². The van der Waals surface area contributed by atoms with Gasteiger partial charge in [0.15, 0.2) is 6.10 Å². The summed E-state index contributed by atoms with van der Waals surface area (Å²) < 4.78 is 9.36. The number of benzene rings is 1. The highest BCUT2D eigenvalue weighted by molar-refractivity contribution is 6.22. The third-order valence-corrected chi connectivity index (χ3v) is 3.38. The van der Waals surface area contributed by atoms with Crippen molar-refractivity contribution in [2.24, 2.45) is 0 Å². The smallest absolute Gasteiger partial charge is 0.346 e. The van der Waals surface area contributed by atoms with Crippen LogP contribution >= 0.6 is 0 Å². The Bertz CT molecular complexity index is 618. The number of hydrogen-bond donors (Lipinski definition) is 0. The van der Waals surface area contributed by atoms with Gasteiger partial charge in [0.1, 0.15) is 6.04 Å². The molecule has 1 heterocycles. The summed E-state index contributed by atoms with van der Waals surface area (Å²) in [6.45, 7) is 2.72. The van der Waals surface area contributed by atoms with Crippen LogP contribution in [0.2, 0.25) is 0 Å². The van der Waals surface area contributed by atoms with Crippen LogP contribution < -0.4 is 0 Å². The van der Waals surface area contributed by atoms with Crippen molar-refractivity contribution in [3.63, 3.8) is 0 Å². The maximum atomic E-state index is 12.2. The van der Waals surface area contributed by atoms with E-state index >= 15 is 0 Å². The Hall–Kier alpha value is -2.70. The van der Waals surface area contributed by atoms with Gasteiger partial charge in [-0.25, -0.2) is 9.59 Å². The van der Waals surface area contributed by atoms with Gasteiger partial charge in [0, 0.05) is 0 Å². The van der Waals surface area contributed by atoms with Crippen molar-refractivity contribution < 1.29 is 28.7 Å². The van der Waals surface area contributed by atoms with E-state index in [2.05, 4.69) is 4.74 Å². The number of fused-ring (bicyclic) bond motifs is 1. The molecule has 1 aliphatic rings. The predicted octanol–water partition coefficient (Wildman–Crippen LogP) is 0.776. The summed E-state index contributed by atoms with van der Waals surface area (Å²) >= 11 is 0. The first-order valence-electron chi connectivity index (χ1n) is 6.63. The number of carbonyl (C=O) groups is 4. The van der Waals surface area contributed by atoms with Crippen molar-refractivity contribution in [3.8, 4) is 0 Å². The fourth-order valence-corrected chi connectivity index (χ4v) is 2.15. The van der Waals surface area contributed by atoms with E-state index in [0.717, 1.165) is 4.90 Å². The number of imide groups is 1. The van der Waals surface area contributed by atoms with Crippen LogP contribution in [0.4, 0.5) is 0 Å². The molecule has 22 heavy (non-hydrogen) atoms. The van der Waals surface area contributed by atoms with Crippen molar-refractivity contribution in [2.75, 3.05) is 7.11 Å². The standard InChI is InChI=1S/C15H15NO6/c1-8(14(19)22-9(2)15(20)21-3)16-12(17)10-6-4-5-7-11(10)13(16)18/h4-9H,1-3H3. The molecule has 0 bridgehead atoms. The highest BCUT2D eigenvalue weighted by atomic mass is 16.6. The molecule has 0 spiro atoms. The Labute approximate surface area is 126 Å². The van der Waals surface area contributed by atoms with E-state index in [0.29, 0.717) is 0 Å². The number of carbonyl (C=O) groups excluding carboxylic acids is 4. The molecule has 2 unspecified atom stereocenters. The summed E-state index contributed by atoms with van der Waals surface area (Å²) in [5.74, 6) is -2.69. The fraction of sp³-hybridized carbons (Fsp3) is 0.333. The zero-order valence-corrected chi connectivity index (χ0v) is 12.4. The van der Waals surface area contributed by atoms with Crippen molar-refractivity contribution in [1.29, 1.82) is 0 Å². The van der Waals surface area contributed by atoms with Crippen LogP contribution in [-0.4, -0.2) is 47.9 Å². The maximum Gasteiger partial charge on any atom is 0.346 e. The molecule has 2 atom stereocenters. The lowest BCUT2D eigenvalue weighted by atomic mass is 10.1. The minimum absolute atomic E-state index is 0.244. The second-order valence-corrected chi connectivity index (χ2v) is 4.80. The van der Waals surface area contributed by atoms with Gasteiger partial charge >= 0.3 is 11.9 Å². The molecule has 0 N–H and O–H groups in total. The SMILES string of the molecule is COC(=O)C(C)OC(=O)C(C)N1C(=O)c2ccccc2C1=O. The monoisotopic (exact) mass is 305 g/mol. The lowest BCUT2D eigenvalue weighted by Gasteiger charge is -2.22. The van der Waals surface area contributed by atoms with Crippen molar-refractivity contribution >= 4 is 23.8 Å². The molecule has 7 nitrogen and oxygen atoms in total. The van der Waals surface area contributed by atoms with Crippen molar-refractivity contribution in [2.45, 2.75) is 26.0 Å². The van der Waals surface area contributed by atoms with Crippen LogP contribution in [0, 0.1) is 0 Å². The Kier molecular flexibility index (Phi) is 4.25. The number of amides is 2. The highest BCUT2D eigenvalue weighted by Crippen LogP contribution is 2.24. The first-order chi connectivity index (χ1) is 10.4. The third-order valence-electron chi connectivity index (χ3n) is 3.38. The highest BCUT2D eigenvalue weighted by Gasteiger charge is 2.41. The minimum atomic E-state index is -1.14. The topological polar surface area (TPSA) is 90.0 Å². The molecule has 2 rings (SSSR count). The van der Waals surface area contributed by atoms with Crippen molar-refractivity contribution in [3.05, 3.63) is 35.4 Å². The summed E-state index contributed by atoms with van der Waals surface area (Å²) in [4.78, 5) is 48.6. The van der Waals surface area contributed by atoms with Crippen LogP contribution in [0.1, 0.15) is 34.6 Å². The Morgan fingerprint density at radius 3 is 1.95 bits per heavy atom. The molecule has 2 amide bonds. The van der Waals surface area contributed by atoms with Gasteiger partial charge in [-0.05, 0) is 26.0 Å². The second kappa shape index (κ2) is 5.97. The number of nitrogens with zero attached hydrogens (tertiary/aromatic N) is 1. The number of methoxy groups -OCH3 is 1. The summed E-state index contributed by atoms with van der Waals surface area (Å²) in [5.41, 5.74) is 0.487. The largest absolute Gasteiger partial charge is 0.466 e. The maximum absolute atomic E-state index is 12.2. The van der Waals surface area contributed by atoms with Gasteiger partial charge in [-0.1, -0.05) is 12.1 Å². The molecule has 0 saturated carbocycles. The van der Waals surface area contributed by atoms with Gasteiger partial charge < -0.3 is 9.47 Å². The van der Waals surface area contributed by atoms with Gasteiger partial charge in [0.25, 0.3) is 11.8 Å². The zero-order chi connectivity index (χ0) is 16.4. The van der Waals surface area contributed by atoms with E-state index < -0.39 is 35.9 Å². The molecule has 0 fully saturated rings. The van der Waals surface area contributed by atoms with Gasteiger partial charge in [0.05, 0.1) is 18.2 Å². The van der Waals surface area contributed by atoms with Crippen LogP contribution in [0.3, 0.4) is 0 Å². The molecule has 1 aromatic rings. The average Bonchev–Trinajstić information content (AvgIpc) is 2.77. The van der Waals surface area contributed by atoms with Crippen molar-refractivity contribution in [1.82, 2.24) is 4.90 Å². The Morgan fingerprint density at radius 2 is 1.50 bits per heavy atom. The molecular weight excluding hydrogens is 290 g/mol. The summed E-state index contributed by atoms with van der Waals surface area (Å²) in [5, 5.41) is 0. The zero-order valence-electron chi connectivity index (χ0n) is 12.4. The van der Waals surface area contributed by atoms with Gasteiger partial charge in [0.2, 0.25) is 0 Å². The van der Waals surface area contributed by atoms with Gasteiger partial charge in [-0.15, -0.1) is 0 Å². The quantitative estimate of drug-likeness (QED) is 0.603. The second-order valence-electron chi connectivity index (χ2n) is 4.80. The normalized spacial score (nSPS) is 16.0. The first-order valence-corrected chi connectivity index (χ1v) is 6.63. The average molecular weight is 305 g/mol. The molecule has 7 heteroatoms. The summed E-state index contributed by atoms with van der Waals surface area (Å²) in [6.07, 6.45) is -1.12. The number of ether oxygens (including phenoxy) is 2. The van der Waals surface area contributed by atoms with Gasteiger partial charge in [-0.3, -0.25) is 14.5 Å². The molecule has 0 radical (unpaired) electrons. The fourth-order valence-electron chi connectivity index (χ4n) is 2.15. The lowest BCUT2D eigenvalue weighted by molar-refractivity contribution is -0.166. The summed E-state index contributed by atoms with van der Waals surface area (Å²) in [7, 11) is 1.17. The van der Waals surface area contributed by atoms with Crippen LogP contribution in [0.5, 0.6) is 0 Å². The summed E-state index contributed by atoms with van der Waals surface area (Å²) in [6, 6.07) is 5.17. The van der Waals surface area contributed by atoms with E-state index in [4.69, 9.17) is 4.74 Å². The van der Waals surface area contributed by atoms with Gasteiger partial charge in [-0.2, -0.15) is 0 Å². The van der Waals surface area contributed by atoms with E-state index in [1.54, 1.807) is 12.1 Å². The molecule has 0 saturated heterocycles. The Balaban J connectivity index is 2.16. The molecule has 0 aromatic heterocycles. The van der Waals surface area contributed by atoms with E-state index in [-0.39, 0.29) is 11.1 Å². The minimum Gasteiger partial charge on any atom is -0.466 e. The number of rotatable bonds is 4. The third kappa shape index (κ3) is 2.57. The lowest BCUT2D eigenvalue weighted by Crippen LogP contribution is -2.45.